The molecular weight excluding hydrogens is 346 g/mol. The van der Waals surface area contributed by atoms with Crippen molar-refractivity contribution in [1.29, 1.82) is 0 Å². The van der Waals surface area contributed by atoms with Crippen molar-refractivity contribution in [2.75, 3.05) is 13.1 Å². The highest BCUT2D eigenvalue weighted by Gasteiger charge is 2.63. The number of likely N-dealkylation sites (tertiary alicyclic amines) is 1. The predicted molar refractivity (Wildman–Crippen MR) is 111 cm³/mol. The van der Waals surface area contributed by atoms with E-state index in [4.69, 9.17) is 0 Å². The van der Waals surface area contributed by atoms with Crippen molar-refractivity contribution >= 4 is 11.6 Å². The fraction of sp³-hybridized carbons (Fsp3) is 0.920. The van der Waals surface area contributed by atoms with E-state index in [1.807, 2.05) is 0 Å². The summed E-state index contributed by atoms with van der Waals surface area (Å²) in [6.45, 7) is 9.11. The SMILES string of the molecule is CC(=O)[C@H]1CC[C@H]2[C@@H]3CC[C@H]4C[C@@H](N5CCCC5)CC[C@]4(C)[C@H]3C(=O)C[C@]12C. The number of Topliss-reactive ketones (excluding diaryl/α,β-unsaturated/α-hetero) is 2. The summed E-state index contributed by atoms with van der Waals surface area (Å²) in [6.07, 6.45) is 12.0. The van der Waals surface area contributed by atoms with E-state index in [9.17, 15) is 9.59 Å². The molecule has 28 heavy (non-hydrogen) atoms. The van der Waals surface area contributed by atoms with E-state index in [0.29, 0.717) is 29.8 Å². The molecule has 3 nitrogen and oxygen atoms in total. The van der Waals surface area contributed by atoms with Crippen LogP contribution in [0.4, 0.5) is 0 Å². The first-order valence-electron chi connectivity index (χ1n) is 12.1. The zero-order chi connectivity index (χ0) is 19.7. The average molecular weight is 386 g/mol. The summed E-state index contributed by atoms with van der Waals surface area (Å²) in [5, 5.41) is 0. The van der Waals surface area contributed by atoms with E-state index in [0.717, 1.165) is 18.4 Å². The highest BCUT2D eigenvalue weighted by atomic mass is 16.1. The van der Waals surface area contributed by atoms with Crippen LogP contribution in [0.1, 0.15) is 85.0 Å². The number of hydrogen-bond acceptors (Lipinski definition) is 3. The summed E-state index contributed by atoms with van der Waals surface area (Å²) in [7, 11) is 0. The molecule has 0 spiro atoms. The molecule has 5 fully saturated rings. The highest BCUT2D eigenvalue weighted by molar-refractivity contribution is 5.87. The molecule has 1 saturated heterocycles. The van der Waals surface area contributed by atoms with Crippen molar-refractivity contribution in [3.63, 3.8) is 0 Å². The van der Waals surface area contributed by atoms with Gasteiger partial charge < -0.3 is 4.90 Å². The Balaban J connectivity index is 1.40. The van der Waals surface area contributed by atoms with E-state index in [1.54, 1.807) is 6.92 Å². The molecule has 4 aliphatic carbocycles. The molecule has 0 aromatic rings. The van der Waals surface area contributed by atoms with Gasteiger partial charge in [0, 0.05) is 24.3 Å². The summed E-state index contributed by atoms with van der Waals surface area (Å²) < 4.78 is 0. The Morgan fingerprint density at radius 3 is 2.46 bits per heavy atom. The first kappa shape index (κ1) is 19.3. The Labute approximate surface area is 171 Å². The van der Waals surface area contributed by atoms with Crippen molar-refractivity contribution in [1.82, 2.24) is 4.90 Å². The molecule has 0 aromatic carbocycles. The lowest BCUT2D eigenvalue weighted by Crippen LogP contribution is -2.58. The number of rotatable bonds is 2. The van der Waals surface area contributed by atoms with Gasteiger partial charge in [0.05, 0.1) is 0 Å². The fourth-order valence-corrected chi connectivity index (χ4v) is 9.16. The zero-order valence-electron chi connectivity index (χ0n) is 18.2. The van der Waals surface area contributed by atoms with Gasteiger partial charge in [-0.05, 0) is 106 Å². The van der Waals surface area contributed by atoms with Crippen LogP contribution in [0.15, 0.2) is 0 Å². The molecular formula is C25H39NO2. The number of carbonyl (C=O) groups is 2. The zero-order valence-corrected chi connectivity index (χ0v) is 18.2. The van der Waals surface area contributed by atoms with Crippen LogP contribution >= 0.6 is 0 Å². The van der Waals surface area contributed by atoms with Crippen molar-refractivity contribution in [3.8, 4) is 0 Å². The van der Waals surface area contributed by atoms with Crippen LogP contribution in [0.3, 0.4) is 0 Å². The largest absolute Gasteiger partial charge is 0.300 e. The Morgan fingerprint density at radius 2 is 1.75 bits per heavy atom. The Morgan fingerprint density at radius 1 is 1.00 bits per heavy atom. The maximum Gasteiger partial charge on any atom is 0.137 e. The molecule has 0 N–H and O–H groups in total. The lowest BCUT2D eigenvalue weighted by molar-refractivity contribution is -0.160. The second-order valence-corrected chi connectivity index (χ2v) is 11.6. The van der Waals surface area contributed by atoms with E-state index in [2.05, 4.69) is 18.7 Å². The molecule has 8 atom stereocenters. The van der Waals surface area contributed by atoms with Crippen LogP contribution in [0.2, 0.25) is 0 Å². The van der Waals surface area contributed by atoms with Gasteiger partial charge in [0.1, 0.15) is 11.6 Å². The summed E-state index contributed by atoms with van der Waals surface area (Å²) in [4.78, 5) is 28.7. The maximum absolute atomic E-state index is 13.6. The molecule has 0 radical (unpaired) electrons. The average Bonchev–Trinajstić information content (AvgIpc) is 3.27. The van der Waals surface area contributed by atoms with Gasteiger partial charge in [0.25, 0.3) is 0 Å². The number of carbonyl (C=O) groups excluding carboxylic acids is 2. The van der Waals surface area contributed by atoms with Gasteiger partial charge in [-0.15, -0.1) is 0 Å². The molecule has 0 unspecified atom stereocenters. The van der Waals surface area contributed by atoms with Crippen molar-refractivity contribution in [2.24, 2.45) is 40.4 Å². The van der Waals surface area contributed by atoms with Crippen molar-refractivity contribution < 1.29 is 9.59 Å². The van der Waals surface area contributed by atoms with E-state index in [-0.39, 0.29) is 22.7 Å². The van der Waals surface area contributed by atoms with Crippen molar-refractivity contribution in [3.05, 3.63) is 0 Å². The van der Waals surface area contributed by atoms with Gasteiger partial charge in [0.15, 0.2) is 0 Å². The summed E-state index contributed by atoms with van der Waals surface area (Å²) in [5.74, 6) is 3.10. The highest BCUT2D eigenvalue weighted by Crippen LogP contribution is 2.66. The van der Waals surface area contributed by atoms with Gasteiger partial charge in [0.2, 0.25) is 0 Å². The second kappa shape index (κ2) is 6.65. The van der Waals surface area contributed by atoms with Crippen LogP contribution < -0.4 is 0 Å². The maximum atomic E-state index is 13.6. The molecule has 5 rings (SSSR count). The van der Waals surface area contributed by atoms with Gasteiger partial charge in [-0.2, -0.15) is 0 Å². The van der Waals surface area contributed by atoms with E-state index >= 15 is 0 Å². The van der Waals surface area contributed by atoms with Gasteiger partial charge >= 0.3 is 0 Å². The Hall–Kier alpha value is -0.700. The van der Waals surface area contributed by atoms with Crippen LogP contribution in [0.5, 0.6) is 0 Å². The monoisotopic (exact) mass is 385 g/mol. The summed E-state index contributed by atoms with van der Waals surface area (Å²) in [6, 6.07) is 0.773. The Kier molecular flexibility index (Phi) is 4.58. The molecule has 1 aliphatic heterocycles. The first-order chi connectivity index (χ1) is 13.3. The van der Waals surface area contributed by atoms with E-state index in [1.165, 1.54) is 64.5 Å². The molecule has 156 valence electrons. The quantitative estimate of drug-likeness (QED) is 0.680. The third-order valence-corrected chi connectivity index (χ3v) is 10.5. The molecule has 0 aromatic heterocycles. The lowest BCUT2D eigenvalue weighted by Gasteiger charge is -2.60. The fourth-order valence-electron chi connectivity index (χ4n) is 9.16. The minimum absolute atomic E-state index is 0.0555. The minimum atomic E-state index is -0.0555. The molecule has 3 heteroatoms. The second-order valence-electron chi connectivity index (χ2n) is 11.6. The molecule has 5 aliphatic rings. The van der Waals surface area contributed by atoms with E-state index < -0.39 is 0 Å². The first-order valence-corrected chi connectivity index (χ1v) is 12.1. The third-order valence-electron chi connectivity index (χ3n) is 10.5. The number of nitrogens with zero attached hydrogens (tertiary/aromatic N) is 1. The Bertz CT molecular complexity index is 667. The summed E-state index contributed by atoms with van der Waals surface area (Å²) in [5.41, 5.74) is 0.159. The van der Waals surface area contributed by atoms with Crippen molar-refractivity contribution in [2.45, 2.75) is 91.0 Å². The number of fused-ring (bicyclic) bond motifs is 5. The number of ketones is 2. The van der Waals surface area contributed by atoms with Gasteiger partial charge in [-0.3, -0.25) is 9.59 Å². The molecule has 1 heterocycles. The van der Waals surface area contributed by atoms with Crippen LogP contribution in [0.25, 0.3) is 0 Å². The lowest BCUT2D eigenvalue weighted by atomic mass is 9.44. The summed E-state index contributed by atoms with van der Waals surface area (Å²) >= 11 is 0. The van der Waals surface area contributed by atoms with Crippen LogP contribution in [-0.2, 0) is 9.59 Å². The molecule has 0 amide bonds. The molecule has 4 saturated carbocycles. The number of hydrogen-bond donors (Lipinski definition) is 0. The van der Waals surface area contributed by atoms with Gasteiger partial charge in [-0.25, -0.2) is 0 Å². The predicted octanol–water partition coefficient (Wildman–Crippen LogP) is 4.88. The normalized spacial score (nSPS) is 51.5. The van der Waals surface area contributed by atoms with Crippen LogP contribution in [0, 0.1) is 40.4 Å². The molecule has 0 bridgehead atoms. The van der Waals surface area contributed by atoms with Crippen LogP contribution in [-0.4, -0.2) is 35.6 Å². The third kappa shape index (κ3) is 2.63. The minimum Gasteiger partial charge on any atom is -0.300 e. The smallest absolute Gasteiger partial charge is 0.137 e. The topological polar surface area (TPSA) is 37.4 Å². The standard InChI is InChI=1S/C25H39NO2/c1-16(27)20-8-9-21-19-7-6-17-14-18(26-12-4-5-13-26)10-11-24(17,2)23(19)22(28)15-25(20,21)3/h17-21,23H,4-15H2,1-3H3/t17-,18-,19-,20+,21-,23+,24-,25+/m0/s1. The van der Waals surface area contributed by atoms with Gasteiger partial charge in [-0.1, -0.05) is 13.8 Å².